The molecule has 0 heterocycles. The van der Waals surface area contributed by atoms with Crippen LogP contribution in [0.25, 0.3) is 5.57 Å². The quantitative estimate of drug-likeness (QED) is 0.162. The molecule has 0 aliphatic rings. The molecule has 0 radical (unpaired) electrons. The third-order valence-electron chi connectivity index (χ3n) is 5.18. The van der Waals surface area contributed by atoms with E-state index in [1.807, 2.05) is 5.32 Å². The lowest BCUT2D eigenvalue weighted by molar-refractivity contribution is -0.220. The van der Waals surface area contributed by atoms with E-state index in [0.717, 1.165) is 38.9 Å². The van der Waals surface area contributed by atoms with E-state index in [1.54, 1.807) is 24.3 Å². The molecule has 6 N–H and O–H groups in total. The molecular formula is C22H30F5N5O4. The van der Waals surface area contributed by atoms with Gasteiger partial charge in [0.05, 0.1) is 18.6 Å². The Balaban J connectivity index is 2.63. The summed E-state index contributed by atoms with van der Waals surface area (Å²) in [5, 5.41) is 17.1. The summed E-state index contributed by atoms with van der Waals surface area (Å²) in [6.45, 7) is -1.46. The Labute approximate surface area is 205 Å². The Morgan fingerprint density at radius 1 is 1.17 bits per heavy atom. The average molecular weight is 524 g/mol. The Morgan fingerprint density at radius 3 is 2.28 bits per heavy atom. The normalized spacial score (nSPS) is 14.6. The molecule has 202 valence electrons. The maximum absolute atomic E-state index is 13.4. The average Bonchev–Trinajstić information content (AvgIpc) is 2.81. The van der Waals surface area contributed by atoms with Gasteiger partial charge in [-0.1, -0.05) is 24.3 Å². The number of aliphatic imine (C=N–C) groups is 1. The van der Waals surface area contributed by atoms with Gasteiger partial charge in [0.15, 0.2) is 0 Å². The van der Waals surface area contributed by atoms with Gasteiger partial charge in [-0.05, 0) is 25.0 Å². The molecule has 1 aromatic carbocycles. The Hall–Kier alpha value is -3.26. The monoisotopic (exact) mass is 523 g/mol. The number of nitrogens with one attached hydrogen (secondary N) is 3. The third-order valence-corrected chi connectivity index (χ3v) is 5.18. The minimum atomic E-state index is -4.82. The van der Waals surface area contributed by atoms with Gasteiger partial charge < -0.3 is 31.5 Å². The molecule has 0 aliphatic heterocycles. The Kier molecular flexibility index (Phi) is 11.7. The highest BCUT2D eigenvalue weighted by atomic mass is 19.4. The molecule has 0 saturated carbocycles. The van der Waals surface area contributed by atoms with Crippen molar-refractivity contribution in [1.82, 2.24) is 16.0 Å². The summed E-state index contributed by atoms with van der Waals surface area (Å²) >= 11 is 0. The lowest BCUT2D eigenvalue weighted by Gasteiger charge is -2.35. The number of alkyl carbamates (subject to hydrolysis) is 1. The van der Waals surface area contributed by atoms with E-state index in [2.05, 4.69) is 20.4 Å². The fraction of sp³-hybridized carbons (Fsp3) is 0.500. The molecule has 0 saturated heterocycles. The van der Waals surface area contributed by atoms with E-state index in [1.165, 1.54) is 0 Å². The van der Waals surface area contributed by atoms with Crippen LogP contribution in [0, 0.1) is 5.41 Å². The topological polar surface area (TPSA) is 138 Å². The SMILES string of the molecule is COC(=O)N[C@H](C(=O)NC[C@@H](O)CNCc1ccc(C(C=NC(F)F)=CN)cc1)C(C)(C)C(F)(F)F. The van der Waals surface area contributed by atoms with Gasteiger partial charge in [-0.15, -0.1) is 0 Å². The van der Waals surface area contributed by atoms with Gasteiger partial charge in [0.1, 0.15) is 6.04 Å². The number of carbonyl (C=O) groups excluding carboxylic acids is 2. The van der Waals surface area contributed by atoms with Gasteiger partial charge in [-0.25, -0.2) is 9.79 Å². The van der Waals surface area contributed by atoms with E-state index < -0.39 is 42.3 Å². The second-order valence-electron chi connectivity index (χ2n) is 8.19. The van der Waals surface area contributed by atoms with E-state index >= 15 is 0 Å². The molecule has 0 spiro atoms. The van der Waals surface area contributed by atoms with E-state index in [0.29, 0.717) is 11.1 Å². The molecule has 9 nitrogen and oxygen atoms in total. The smallest absolute Gasteiger partial charge is 0.407 e. The van der Waals surface area contributed by atoms with Crippen LogP contribution >= 0.6 is 0 Å². The van der Waals surface area contributed by atoms with Crippen LogP contribution in [-0.2, 0) is 16.1 Å². The van der Waals surface area contributed by atoms with Gasteiger partial charge >= 0.3 is 18.8 Å². The largest absolute Gasteiger partial charge is 0.453 e. The van der Waals surface area contributed by atoms with E-state index in [9.17, 15) is 36.6 Å². The first kappa shape index (κ1) is 30.8. The zero-order chi connectivity index (χ0) is 27.5. The number of alkyl halides is 5. The first-order valence-electron chi connectivity index (χ1n) is 10.6. The molecular weight excluding hydrogens is 493 g/mol. The van der Waals surface area contributed by atoms with Gasteiger partial charge in [0.25, 0.3) is 0 Å². The zero-order valence-corrected chi connectivity index (χ0v) is 19.9. The van der Waals surface area contributed by atoms with Gasteiger partial charge in [0.2, 0.25) is 5.91 Å². The van der Waals surface area contributed by atoms with Crippen molar-refractivity contribution in [2.24, 2.45) is 16.1 Å². The van der Waals surface area contributed by atoms with Crippen molar-refractivity contribution < 1.29 is 41.4 Å². The first-order chi connectivity index (χ1) is 16.7. The maximum Gasteiger partial charge on any atom is 0.407 e. The second-order valence-corrected chi connectivity index (χ2v) is 8.19. The van der Waals surface area contributed by atoms with Crippen molar-refractivity contribution >= 4 is 23.8 Å². The number of nitrogens with zero attached hydrogens (tertiary/aromatic N) is 1. The van der Waals surface area contributed by atoms with Crippen LogP contribution in [0.1, 0.15) is 25.0 Å². The van der Waals surface area contributed by atoms with Crippen LogP contribution in [0.5, 0.6) is 0 Å². The lowest BCUT2D eigenvalue weighted by atomic mass is 9.83. The summed E-state index contributed by atoms with van der Waals surface area (Å²) < 4.78 is 69.0. The predicted octanol–water partition coefficient (Wildman–Crippen LogP) is 2.16. The minimum Gasteiger partial charge on any atom is -0.453 e. The number of benzene rings is 1. The van der Waals surface area contributed by atoms with Crippen molar-refractivity contribution in [1.29, 1.82) is 0 Å². The number of halogens is 5. The molecule has 1 rings (SSSR count). The van der Waals surface area contributed by atoms with Crippen LogP contribution < -0.4 is 21.7 Å². The van der Waals surface area contributed by atoms with E-state index in [-0.39, 0.29) is 19.6 Å². The van der Waals surface area contributed by atoms with Crippen LogP contribution in [-0.4, -0.2) is 68.4 Å². The summed E-state index contributed by atoms with van der Waals surface area (Å²) in [6.07, 6.45) is -5.08. The van der Waals surface area contributed by atoms with Crippen molar-refractivity contribution in [3.05, 3.63) is 41.6 Å². The number of hydrogen-bond acceptors (Lipinski definition) is 7. The van der Waals surface area contributed by atoms with Gasteiger partial charge in [0, 0.05) is 37.6 Å². The fourth-order valence-corrected chi connectivity index (χ4v) is 2.86. The molecule has 14 heteroatoms. The molecule has 0 unspecified atom stereocenters. The summed E-state index contributed by atoms with van der Waals surface area (Å²) in [5.74, 6) is -1.14. The number of methoxy groups -OCH3 is 1. The highest BCUT2D eigenvalue weighted by molar-refractivity contribution is 6.09. The number of aliphatic hydroxyl groups is 1. The van der Waals surface area contributed by atoms with Crippen LogP contribution in [0.15, 0.2) is 35.5 Å². The number of aliphatic hydroxyl groups excluding tert-OH is 1. The number of allylic oxidation sites excluding steroid dienone is 1. The summed E-state index contributed by atoms with van der Waals surface area (Å²) in [4.78, 5) is 26.9. The lowest BCUT2D eigenvalue weighted by Crippen LogP contribution is -2.60. The fourth-order valence-electron chi connectivity index (χ4n) is 2.86. The molecule has 0 aliphatic carbocycles. The standard InChI is InChI=1S/C22H30F5N5O4/c1-21(2,22(25,26)27)17(32-20(35)36-3)18(34)30-12-16(33)11-29-9-13-4-6-14(7-5-13)15(8-28)10-31-19(23)24/h4-8,10,16-17,19,29,33H,9,11-12,28H2,1-3H3,(H,30,34)(H,32,35)/t16-,17+/m0/s1. The third kappa shape index (κ3) is 9.41. The Bertz CT molecular complexity index is 920. The molecule has 2 amide bonds. The molecule has 0 bridgehead atoms. The van der Waals surface area contributed by atoms with Crippen LogP contribution in [0.4, 0.5) is 26.7 Å². The number of carbonyl (C=O) groups is 2. The van der Waals surface area contributed by atoms with Crippen molar-refractivity contribution in [3.8, 4) is 0 Å². The zero-order valence-electron chi connectivity index (χ0n) is 19.9. The van der Waals surface area contributed by atoms with Gasteiger partial charge in [-0.3, -0.25) is 4.79 Å². The molecule has 1 aromatic rings. The number of rotatable bonds is 12. The predicted molar refractivity (Wildman–Crippen MR) is 123 cm³/mol. The summed E-state index contributed by atoms with van der Waals surface area (Å²) in [7, 11) is 0.948. The number of hydrogen-bond donors (Lipinski definition) is 5. The summed E-state index contributed by atoms with van der Waals surface area (Å²) in [6, 6.07) is 4.67. The van der Waals surface area contributed by atoms with E-state index in [4.69, 9.17) is 5.73 Å². The molecule has 36 heavy (non-hydrogen) atoms. The van der Waals surface area contributed by atoms with Crippen molar-refractivity contribution in [3.63, 3.8) is 0 Å². The summed E-state index contributed by atoms with van der Waals surface area (Å²) in [5.41, 5.74) is 4.45. The number of nitrogens with two attached hydrogens (primary N) is 1. The van der Waals surface area contributed by atoms with Crippen LogP contribution in [0.3, 0.4) is 0 Å². The molecule has 0 fully saturated rings. The Morgan fingerprint density at radius 2 is 1.78 bits per heavy atom. The first-order valence-corrected chi connectivity index (χ1v) is 10.6. The number of ether oxygens (including phenoxy) is 1. The van der Waals surface area contributed by atoms with Crippen LogP contribution in [0.2, 0.25) is 0 Å². The number of amides is 2. The highest BCUT2D eigenvalue weighted by Gasteiger charge is 2.55. The molecule has 0 aromatic heterocycles. The van der Waals surface area contributed by atoms with Gasteiger partial charge in [-0.2, -0.15) is 22.0 Å². The van der Waals surface area contributed by atoms with Crippen molar-refractivity contribution in [2.45, 2.75) is 45.3 Å². The maximum atomic E-state index is 13.4. The molecule has 2 atom stereocenters. The van der Waals surface area contributed by atoms with Crippen molar-refractivity contribution in [2.75, 3.05) is 20.2 Å². The highest BCUT2D eigenvalue weighted by Crippen LogP contribution is 2.40. The minimum absolute atomic E-state index is 0.0191. The second kappa shape index (κ2) is 13.7.